The molecule has 3 heteroatoms. The fourth-order valence-corrected chi connectivity index (χ4v) is 3.63. The summed E-state index contributed by atoms with van der Waals surface area (Å²) in [5.41, 5.74) is 1.25. The fraction of sp³-hybridized carbons (Fsp3) is 0.818. The third kappa shape index (κ3) is 2.53. The number of allylic oxidation sites excluding steroid dienone is 1. The Kier molecular flexibility index (Phi) is 3.64. The molecule has 0 bridgehead atoms. The van der Waals surface area contributed by atoms with E-state index in [1.54, 1.807) is 0 Å². The molecule has 82 valence electrons. The summed E-state index contributed by atoms with van der Waals surface area (Å²) in [7, 11) is -1.38. The van der Waals surface area contributed by atoms with Gasteiger partial charge in [-0.05, 0) is 31.3 Å². The summed E-state index contributed by atoms with van der Waals surface area (Å²) < 4.78 is 2.28. The lowest BCUT2D eigenvalue weighted by atomic mass is 10.1. The van der Waals surface area contributed by atoms with Gasteiger partial charge in [-0.2, -0.15) is 0 Å². The minimum atomic E-state index is -1.38. The molecular weight excluding hydrogens is 190 g/mol. The molecule has 0 unspecified atom stereocenters. The van der Waals surface area contributed by atoms with Crippen LogP contribution in [-0.4, -0.2) is 24.5 Å². The van der Waals surface area contributed by atoms with Crippen molar-refractivity contribution in [2.45, 2.75) is 52.2 Å². The predicted octanol–water partition coefficient (Wildman–Crippen LogP) is 3.49. The summed E-state index contributed by atoms with van der Waals surface area (Å²) in [6.45, 7) is 10.1. The molecular formula is C11H23NOSi. The lowest BCUT2D eigenvalue weighted by Gasteiger charge is -2.35. The quantitative estimate of drug-likeness (QED) is 0.710. The number of hydrogen-bond donors (Lipinski definition) is 1. The van der Waals surface area contributed by atoms with E-state index >= 15 is 0 Å². The molecule has 1 rings (SSSR count). The van der Waals surface area contributed by atoms with E-state index < -0.39 is 8.24 Å². The molecule has 14 heavy (non-hydrogen) atoms. The molecule has 0 spiro atoms. The highest BCUT2D eigenvalue weighted by atomic mass is 28.3. The first-order chi connectivity index (χ1) is 6.46. The maximum absolute atomic E-state index is 10.2. The third-order valence-corrected chi connectivity index (χ3v) is 4.97. The highest BCUT2D eigenvalue weighted by Gasteiger charge is 2.28. The Balaban J connectivity index is 2.93. The van der Waals surface area contributed by atoms with Crippen LogP contribution in [0.25, 0.3) is 0 Å². The van der Waals surface area contributed by atoms with Crippen molar-refractivity contribution in [3.63, 3.8) is 0 Å². The summed E-state index contributed by atoms with van der Waals surface area (Å²) in [5.74, 6) is 0.601. The van der Waals surface area contributed by atoms with Crippen LogP contribution in [0.1, 0.15) is 32.6 Å². The zero-order chi connectivity index (χ0) is 10.8. The minimum Gasteiger partial charge on any atom is -0.495 e. The molecule has 0 radical (unpaired) electrons. The van der Waals surface area contributed by atoms with Gasteiger partial charge in [0.1, 0.15) is 0 Å². The van der Waals surface area contributed by atoms with Gasteiger partial charge in [-0.3, -0.25) is 0 Å². The van der Waals surface area contributed by atoms with Crippen molar-refractivity contribution in [1.82, 2.24) is 4.57 Å². The molecule has 0 amide bonds. The van der Waals surface area contributed by atoms with Crippen LogP contribution in [0.3, 0.4) is 0 Å². The summed E-state index contributed by atoms with van der Waals surface area (Å²) in [6.07, 6.45) is 4.53. The van der Waals surface area contributed by atoms with Crippen LogP contribution in [0.4, 0.5) is 0 Å². The average molecular weight is 213 g/mol. The molecule has 0 fully saturated rings. The van der Waals surface area contributed by atoms with Crippen LogP contribution in [0.2, 0.25) is 19.6 Å². The first-order valence-electron chi connectivity index (χ1n) is 5.65. The number of rotatable bonds is 2. The maximum Gasteiger partial charge on any atom is 0.177 e. The largest absolute Gasteiger partial charge is 0.495 e. The molecule has 2 nitrogen and oxygen atoms in total. The molecule has 0 saturated heterocycles. The van der Waals surface area contributed by atoms with Crippen molar-refractivity contribution < 1.29 is 5.11 Å². The van der Waals surface area contributed by atoms with Gasteiger partial charge in [0.25, 0.3) is 0 Å². The lowest BCUT2D eigenvalue weighted by Crippen LogP contribution is -2.45. The Morgan fingerprint density at radius 3 is 2.43 bits per heavy atom. The zero-order valence-electron chi connectivity index (χ0n) is 9.93. The van der Waals surface area contributed by atoms with Crippen LogP contribution >= 0.6 is 0 Å². The first-order valence-corrected chi connectivity index (χ1v) is 9.10. The minimum absolute atomic E-state index is 0.601. The van der Waals surface area contributed by atoms with Crippen LogP contribution in [-0.2, 0) is 0 Å². The molecule has 1 aliphatic rings. The summed E-state index contributed by atoms with van der Waals surface area (Å²) in [5, 5.41) is 10.2. The Hall–Kier alpha value is -0.443. The Bertz CT molecular complexity index is 230. The van der Waals surface area contributed by atoms with Gasteiger partial charge in [-0.25, -0.2) is 0 Å². The van der Waals surface area contributed by atoms with E-state index in [1.807, 2.05) is 0 Å². The number of aliphatic hydroxyl groups is 1. The number of hydrogen-bond acceptors (Lipinski definition) is 2. The second-order valence-electron chi connectivity index (χ2n) is 5.06. The van der Waals surface area contributed by atoms with E-state index in [0.29, 0.717) is 5.88 Å². The van der Waals surface area contributed by atoms with Crippen molar-refractivity contribution in [3.8, 4) is 0 Å². The molecule has 0 atom stereocenters. The van der Waals surface area contributed by atoms with Crippen LogP contribution in [0.15, 0.2) is 11.5 Å². The van der Waals surface area contributed by atoms with Gasteiger partial charge < -0.3 is 9.67 Å². The van der Waals surface area contributed by atoms with Gasteiger partial charge in [-0.1, -0.05) is 26.6 Å². The van der Waals surface area contributed by atoms with E-state index in [-0.39, 0.29) is 0 Å². The summed E-state index contributed by atoms with van der Waals surface area (Å²) >= 11 is 0. The second kappa shape index (κ2) is 4.38. The topological polar surface area (TPSA) is 23.5 Å². The number of aliphatic hydroxyl groups excluding tert-OH is 1. The molecule has 0 saturated carbocycles. The Morgan fingerprint density at radius 2 is 1.93 bits per heavy atom. The van der Waals surface area contributed by atoms with E-state index in [1.165, 1.54) is 18.4 Å². The van der Waals surface area contributed by atoms with Crippen molar-refractivity contribution in [2.24, 2.45) is 0 Å². The van der Waals surface area contributed by atoms with Gasteiger partial charge in [0.15, 0.2) is 14.1 Å². The normalized spacial score (nSPS) is 19.9. The van der Waals surface area contributed by atoms with Crippen molar-refractivity contribution >= 4 is 8.24 Å². The van der Waals surface area contributed by atoms with Gasteiger partial charge in [0.2, 0.25) is 0 Å². The van der Waals surface area contributed by atoms with Crippen LogP contribution in [0, 0.1) is 0 Å². The molecule has 1 N–H and O–H groups in total. The van der Waals surface area contributed by atoms with E-state index in [4.69, 9.17) is 0 Å². The van der Waals surface area contributed by atoms with E-state index in [0.717, 1.165) is 19.4 Å². The maximum atomic E-state index is 10.2. The van der Waals surface area contributed by atoms with Gasteiger partial charge in [0.05, 0.1) is 0 Å². The third-order valence-electron chi connectivity index (χ3n) is 2.92. The highest BCUT2D eigenvalue weighted by Crippen LogP contribution is 2.26. The monoisotopic (exact) mass is 213 g/mol. The standard InChI is InChI=1S/C11H23NOSi/c1-5-10-8-6-7-9-12(11(10)13)14(2,3)4/h13H,5-9H2,1-4H3. The molecule has 0 aromatic rings. The Morgan fingerprint density at radius 1 is 1.29 bits per heavy atom. The lowest BCUT2D eigenvalue weighted by molar-refractivity contribution is 0.273. The molecule has 0 aromatic carbocycles. The smallest absolute Gasteiger partial charge is 0.177 e. The summed E-state index contributed by atoms with van der Waals surface area (Å²) in [4.78, 5) is 0. The molecule has 0 aliphatic carbocycles. The van der Waals surface area contributed by atoms with E-state index in [2.05, 4.69) is 31.1 Å². The van der Waals surface area contributed by atoms with E-state index in [9.17, 15) is 5.11 Å². The van der Waals surface area contributed by atoms with Gasteiger partial charge in [0, 0.05) is 6.54 Å². The molecule has 1 heterocycles. The first kappa shape index (κ1) is 11.6. The van der Waals surface area contributed by atoms with Crippen molar-refractivity contribution in [2.75, 3.05) is 6.54 Å². The summed E-state index contributed by atoms with van der Waals surface area (Å²) in [6, 6.07) is 0. The van der Waals surface area contributed by atoms with Crippen molar-refractivity contribution in [1.29, 1.82) is 0 Å². The second-order valence-corrected chi connectivity index (χ2v) is 9.94. The Labute approximate surface area is 88.7 Å². The fourth-order valence-electron chi connectivity index (χ4n) is 2.00. The molecule has 0 aromatic heterocycles. The number of nitrogens with zero attached hydrogens (tertiary/aromatic N) is 1. The van der Waals surface area contributed by atoms with Crippen LogP contribution < -0.4 is 0 Å². The highest BCUT2D eigenvalue weighted by molar-refractivity contribution is 6.73. The SMILES string of the molecule is CCC1=C(O)N([Si](C)(C)C)CCCC1. The van der Waals surface area contributed by atoms with Crippen LogP contribution in [0.5, 0.6) is 0 Å². The van der Waals surface area contributed by atoms with Gasteiger partial charge >= 0.3 is 0 Å². The predicted molar refractivity (Wildman–Crippen MR) is 63.8 cm³/mol. The van der Waals surface area contributed by atoms with Crippen molar-refractivity contribution in [3.05, 3.63) is 11.5 Å². The zero-order valence-corrected chi connectivity index (χ0v) is 10.9. The average Bonchev–Trinajstić information content (AvgIpc) is 2.25. The van der Waals surface area contributed by atoms with Gasteiger partial charge in [-0.15, -0.1) is 0 Å². The molecule has 1 aliphatic heterocycles.